The molecule has 0 saturated carbocycles. The molecule has 1 aromatic heterocycles. The first kappa shape index (κ1) is 19.4. The van der Waals surface area contributed by atoms with Crippen LogP contribution in [0, 0.1) is 5.92 Å². The number of benzene rings is 1. The Bertz CT molecular complexity index is 855. The normalized spacial score (nSPS) is 18.6. The van der Waals surface area contributed by atoms with Crippen LogP contribution < -0.4 is 10.2 Å². The molecule has 0 aliphatic carbocycles. The van der Waals surface area contributed by atoms with Gasteiger partial charge >= 0.3 is 0 Å². The lowest BCUT2D eigenvalue weighted by Crippen LogP contribution is -2.36. The molecule has 2 aliphatic heterocycles. The number of pyridine rings is 1. The van der Waals surface area contributed by atoms with E-state index >= 15 is 0 Å². The van der Waals surface area contributed by atoms with E-state index in [1.807, 2.05) is 12.1 Å². The Morgan fingerprint density at radius 2 is 2.07 bits per heavy atom. The number of anilines is 1. The van der Waals surface area contributed by atoms with Crippen LogP contribution in [-0.2, 0) is 22.6 Å². The highest BCUT2D eigenvalue weighted by Crippen LogP contribution is 2.26. The first-order valence-corrected chi connectivity index (χ1v) is 10.5. The quantitative estimate of drug-likeness (QED) is 0.735. The summed E-state index contributed by atoms with van der Waals surface area (Å²) in [6.07, 6.45) is 7.01. The predicted octanol–water partition coefficient (Wildman–Crippen LogP) is 2.39. The van der Waals surface area contributed by atoms with Gasteiger partial charge < -0.3 is 15.1 Å². The van der Waals surface area contributed by atoms with Crippen molar-refractivity contribution < 1.29 is 9.59 Å². The van der Waals surface area contributed by atoms with Gasteiger partial charge in [-0.2, -0.15) is 0 Å². The minimum Gasteiger partial charge on any atom is -0.371 e. The first-order chi connectivity index (χ1) is 14.2. The zero-order valence-electron chi connectivity index (χ0n) is 16.7. The van der Waals surface area contributed by atoms with Crippen molar-refractivity contribution >= 4 is 17.5 Å². The Kier molecular flexibility index (Phi) is 6.08. The number of rotatable bonds is 7. The fourth-order valence-electron chi connectivity index (χ4n) is 4.28. The van der Waals surface area contributed by atoms with E-state index < -0.39 is 0 Å². The molecule has 1 N–H and O–H groups in total. The zero-order chi connectivity index (χ0) is 20.1. The van der Waals surface area contributed by atoms with E-state index in [2.05, 4.69) is 39.5 Å². The van der Waals surface area contributed by atoms with Crippen LogP contribution in [-0.4, -0.2) is 47.9 Å². The van der Waals surface area contributed by atoms with Gasteiger partial charge in [-0.3, -0.25) is 14.6 Å². The number of fused-ring (bicyclic) bond motifs is 1. The lowest BCUT2D eigenvalue weighted by Gasteiger charge is -2.31. The van der Waals surface area contributed by atoms with E-state index in [1.54, 1.807) is 17.3 Å². The van der Waals surface area contributed by atoms with Gasteiger partial charge in [0, 0.05) is 57.2 Å². The summed E-state index contributed by atoms with van der Waals surface area (Å²) in [5, 5.41) is 3.04. The van der Waals surface area contributed by atoms with Gasteiger partial charge in [0.15, 0.2) is 0 Å². The Morgan fingerprint density at radius 3 is 2.93 bits per heavy atom. The van der Waals surface area contributed by atoms with Crippen molar-refractivity contribution in [3.05, 3.63) is 59.9 Å². The molecule has 0 radical (unpaired) electrons. The van der Waals surface area contributed by atoms with E-state index in [1.165, 1.54) is 17.7 Å². The van der Waals surface area contributed by atoms with Crippen molar-refractivity contribution in [2.24, 2.45) is 5.92 Å². The molecule has 29 heavy (non-hydrogen) atoms. The number of carbonyl (C=O) groups is 2. The maximum absolute atomic E-state index is 12.5. The maximum atomic E-state index is 12.5. The summed E-state index contributed by atoms with van der Waals surface area (Å²) in [5.74, 6) is -0.222. The van der Waals surface area contributed by atoms with Crippen molar-refractivity contribution in [1.82, 2.24) is 15.2 Å². The molecule has 6 nitrogen and oxygen atoms in total. The number of hydrogen-bond donors (Lipinski definition) is 1. The molecule has 6 heteroatoms. The van der Waals surface area contributed by atoms with Gasteiger partial charge in [0.25, 0.3) is 0 Å². The molecule has 2 aromatic rings. The summed E-state index contributed by atoms with van der Waals surface area (Å²) in [6, 6.07) is 12.4. The molecule has 1 atom stereocenters. The molecule has 1 saturated heterocycles. The fraction of sp³-hybridized carbons (Fsp3) is 0.435. The minimum absolute atomic E-state index is 0.00826. The number of nitrogens with zero attached hydrogens (tertiary/aromatic N) is 3. The standard InChI is InChI=1S/C23H28N4O2/c28-22-14-20(17-27(22)16-18-6-3-10-24-15-18)23(29)25-11-5-13-26-12-4-8-19-7-1-2-9-21(19)26/h1-3,6-7,9-10,15,20H,4-5,8,11-14,16-17H2,(H,25,29). The number of carbonyl (C=O) groups excluding carboxylic acids is 2. The third-order valence-corrected chi connectivity index (χ3v) is 5.79. The van der Waals surface area contributed by atoms with Crippen LogP contribution in [0.15, 0.2) is 48.8 Å². The van der Waals surface area contributed by atoms with Crippen molar-refractivity contribution in [3.8, 4) is 0 Å². The summed E-state index contributed by atoms with van der Waals surface area (Å²) in [6.45, 7) is 3.66. The third-order valence-electron chi connectivity index (χ3n) is 5.79. The van der Waals surface area contributed by atoms with Gasteiger partial charge in [0.05, 0.1) is 5.92 Å². The van der Waals surface area contributed by atoms with Crippen LogP contribution in [0.4, 0.5) is 5.69 Å². The topological polar surface area (TPSA) is 65.5 Å². The molecule has 1 aromatic carbocycles. The number of likely N-dealkylation sites (tertiary alicyclic amines) is 1. The van der Waals surface area contributed by atoms with Crippen molar-refractivity contribution in [2.75, 3.05) is 31.1 Å². The fourth-order valence-corrected chi connectivity index (χ4v) is 4.28. The largest absolute Gasteiger partial charge is 0.371 e. The molecule has 4 rings (SSSR count). The average molecular weight is 393 g/mol. The van der Waals surface area contributed by atoms with Gasteiger partial charge in [-0.1, -0.05) is 24.3 Å². The molecule has 0 spiro atoms. The SMILES string of the molecule is O=C(NCCCN1CCCc2ccccc21)C1CC(=O)N(Cc2cccnc2)C1. The van der Waals surface area contributed by atoms with Crippen LogP contribution in [0.3, 0.4) is 0 Å². The predicted molar refractivity (Wildman–Crippen MR) is 112 cm³/mol. The highest BCUT2D eigenvalue weighted by Gasteiger charge is 2.34. The Hall–Kier alpha value is -2.89. The van der Waals surface area contributed by atoms with Gasteiger partial charge in [-0.05, 0) is 42.5 Å². The maximum Gasteiger partial charge on any atom is 0.225 e. The van der Waals surface area contributed by atoms with Crippen LogP contribution in [0.1, 0.15) is 30.4 Å². The van der Waals surface area contributed by atoms with E-state index in [4.69, 9.17) is 0 Å². The highest BCUT2D eigenvalue weighted by atomic mass is 16.2. The van der Waals surface area contributed by atoms with E-state index in [-0.39, 0.29) is 17.7 Å². The molecule has 2 amide bonds. The van der Waals surface area contributed by atoms with Gasteiger partial charge in [0.2, 0.25) is 11.8 Å². The number of aromatic nitrogens is 1. The van der Waals surface area contributed by atoms with Crippen molar-refractivity contribution in [2.45, 2.75) is 32.2 Å². The average Bonchev–Trinajstić information content (AvgIpc) is 3.12. The number of para-hydroxylation sites is 1. The van der Waals surface area contributed by atoms with Crippen LogP contribution in [0.25, 0.3) is 0 Å². The molecule has 3 heterocycles. The number of hydrogen-bond acceptors (Lipinski definition) is 4. The third kappa shape index (κ3) is 4.75. The molecule has 152 valence electrons. The summed E-state index contributed by atoms with van der Waals surface area (Å²) in [5.41, 5.74) is 3.74. The summed E-state index contributed by atoms with van der Waals surface area (Å²) >= 11 is 0. The molecule has 1 fully saturated rings. The van der Waals surface area contributed by atoms with E-state index in [0.717, 1.165) is 31.5 Å². The molecule has 1 unspecified atom stereocenters. The number of nitrogens with one attached hydrogen (secondary N) is 1. The van der Waals surface area contributed by atoms with Gasteiger partial charge in [-0.15, -0.1) is 0 Å². The first-order valence-electron chi connectivity index (χ1n) is 10.5. The molecular weight excluding hydrogens is 364 g/mol. The van der Waals surface area contributed by atoms with E-state index in [0.29, 0.717) is 26.1 Å². The second-order valence-corrected chi connectivity index (χ2v) is 7.90. The van der Waals surface area contributed by atoms with Crippen molar-refractivity contribution in [3.63, 3.8) is 0 Å². The number of amides is 2. The Balaban J connectivity index is 1.21. The molecular formula is C23H28N4O2. The summed E-state index contributed by atoms with van der Waals surface area (Å²) in [4.78, 5) is 33.0. The van der Waals surface area contributed by atoms with Gasteiger partial charge in [0.1, 0.15) is 0 Å². The highest BCUT2D eigenvalue weighted by molar-refractivity contribution is 5.89. The lowest BCUT2D eigenvalue weighted by atomic mass is 10.0. The van der Waals surface area contributed by atoms with Crippen LogP contribution in [0.2, 0.25) is 0 Å². The van der Waals surface area contributed by atoms with Crippen LogP contribution >= 0.6 is 0 Å². The van der Waals surface area contributed by atoms with Crippen LogP contribution in [0.5, 0.6) is 0 Å². The number of aryl methyl sites for hydroxylation is 1. The Morgan fingerprint density at radius 1 is 1.17 bits per heavy atom. The smallest absolute Gasteiger partial charge is 0.225 e. The van der Waals surface area contributed by atoms with Gasteiger partial charge in [-0.25, -0.2) is 0 Å². The minimum atomic E-state index is -0.255. The Labute approximate surface area is 171 Å². The van der Waals surface area contributed by atoms with E-state index in [9.17, 15) is 9.59 Å². The zero-order valence-corrected chi connectivity index (χ0v) is 16.7. The summed E-state index contributed by atoms with van der Waals surface area (Å²) in [7, 11) is 0. The second-order valence-electron chi connectivity index (χ2n) is 7.90. The van der Waals surface area contributed by atoms with Crippen molar-refractivity contribution in [1.29, 1.82) is 0 Å². The second kappa shape index (κ2) is 9.07. The molecule has 0 bridgehead atoms. The monoisotopic (exact) mass is 392 g/mol. The molecule has 2 aliphatic rings. The summed E-state index contributed by atoms with van der Waals surface area (Å²) < 4.78 is 0. The lowest BCUT2D eigenvalue weighted by molar-refractivity contribution is -0.129.